The topological polar surface area (TPSA) is 12.9 Å². The second kappa shape index (κ2) is 6.70. The summed E-state index contributed by atoms with van der Waals surface area (Å²) in [5.41, 5.74) is 5.24. The van der Waals surface area contributed by atoms with Gasteiger partial charge in [0.05, 0.1) is 5.52 Å². The van der Waals surface area contributed by atoms with E-state index in [1.807, 2.05) is 0 Å². The Morgan fingerprint density at radius 3 is 2.47 bits per heavy atom. The van der Waals surface area contributed by atoms with Crippen molar-refractivity contribution in [2.24, 2.45) is 0 Å². The van der Waals surface area contributed by atoms with Crippen LogP contribution in [0.25, 0.3) is 10.9 Å². The van der Waals surface area contributed by atoms with Gasteiger partial charge in [-0.3, -0.25) is 4.98 Å². The molecule has 0 bridgehead atoms. The number of rotatable bonds is 6. The Hall–Kier alpha value is -1.37. The van der Waals surface area contributed by atoms with Gasteiger partial charge < -0.3 is 0 Å². The Balaban J connectivity index is 2.14. The van der Waals surface area contributed by atoms with E-state index in [4.69, 9.17) is 4.98 Å². The Bertz CT molecular complexity index is 543. The lowest BCUT2D eigenvalue weighted by atomic mass is 9.97. The van der Waals surface area contributed by atoms with Crippen molar-refractivity contribution in [1.82, 2.24) is 4.98 Å². The minimum Gasteiger partial charge on any atom is -0.253 e. The molecule has 0 saturated carbocycles. The van der Waals surface area contributed by atoms with Gasteiger partial charge in [-0.05, 0) is 43.9 Å². The highest BCUT2D eigenvalue weighted by atomic mass is 14.7. The maximum atomic E-state index is 4.75. The maximum Gasteiger partial charge on any atom is 0.0708 e. The molecule has 0 fully saturated rings. The minimum atomic E-state index is 1.13. The minimum absolute atomic E-state index is 1.13. The molecule has 0 radical (unpaired) electrons. The summed E-state index contributed by atoms with van der Waals surface area (Å²) in [6.07, 6.45) is 7.87. The highest BCUT2D eigenvalue weighted by Gasteiger charge is 2.08. The largest absolute Gasteiger partial charge is 0.253 e. The molecule has 2 aromatic rings. The number of hydrogen-bond acceptors (Lipinski definition) is 1. The van der Waals surface area contributed by atoms with Gasteiger partial charge in [0.1, 0.15) is 0 Å². The van der Waals surface area contributed by atoms with E-state index in [1.54, 1.807) is 0 Å². The number of aryl methyl sites for hydroxylation is 2. The first kappa shape index (κ1) is 14.0. The summed E-state index contributed by atoms with van der Waals surface area (Å²) in [6, 6.07) is 8.48. The number of para-hydroxylation sites is 1. The second-order valence-corrected chi connectivity index (χ2v) is 5.48. The first-order valence-corrected chi connectivity index (χ1v) is 7.59. The fourth-order valence-corrected chi connectivity index (χ4v) is 2.84. The van der Waals surface area contributed by atoms with Crippen LogP contribution in [0.5, 0.6) is 0 Å². The predicted octanol–water partition coefficient (Wildman–Crippen LogP) is 5.36. The van der Waals surface area contributed by atoms with Gasteiger partial charge >= 0.3 is 0 Å². The van der Waals surface area contributed by atoms with Crippen LogP contribution in [0, 0.1) is 13.8 Å². The van der Waals surface area contributed by atoms with Gasteiger partial charge in [-0.1, -0.05) is 50.8 Å². The summed E-state index contributed by atoms with van der Waals surface area (Å²) in [7, 11) is 0. The molecule has 0 unspecified atom stereocenters. The van der Waals surface area contributed by atoms with Crippen LogP contribution in [-0.4, -0.2) is 4.98 Å². The van der Waals surface area contributed by atoms with E-state index in [9.17, 15) is 0 Å². The number of unbranched alkanes of at least 4 members (excludes halogenated alkanes) is 4. The molecule has 0 spiro atoms. The van der Waals surface area contributed by atoms with Gasteiger partial charge in [0.25, 0.3) is 0 Å². The molecule has 1 nitrogen and oxygen atoms in total. The van der Waals surface area contributed by atoms with Crippen LogP contribution in [0.2, 0.25) is 0 Å². The average molecular weight is 255 g/mol. The van der Waals surface area contributed by atoms with Gasteiger partial charge in [0, 0.05) is 11.1 Å². The lowest BCUT2D eigenvalue weighted by Gasteiger charge is -2.12. The Labute approximate surface area is 117 Å². The van der Waals surface area contributed by atoms with E-state index >= 15 is 0 Å². The molecule has 1 aromatic carbocycles. The van der Waals surface area contributed by atoms with E-state index in [0.717, 1.165) is 5.52 Å². The molecule has 0 aliphatic rings. The molecule has 2 rings (SSSR count). The summed E-state index contributed by atoms with van der Waals surface area (Å²) in [5.74, 6) is 0. The van der Waals surface area contributed by atoms with Gasteiger partial charge in [-0.15, -0.1) is 0 Å². The maximum absolute atomic E-state index is 4.75. The molecule has 0 amide bonds. The molecule has 0 atom stereocenters. The molecule has 0 aliphatic carbocycles. The van der Waals surface area contributed by atoms with Crippen molar-refractivity contribution >= 4 is 10.9 Å². The van der Waals surface area contributed by atoms with Crippen LogP contribution in [0.4, 0.5) is 0 Å². The van der Waals surface area contributed by atoms with Crippen molar-refractivity contribution in [1.29, 1.82) is 0 Å². The smallest absolute Gasteiger partial charge is 0.0708 e. The Morgan fingerprint density at radius 1 is 0.947 bits per heavy atom. The zero-order chi connectivity index (χ0) is 13.7. The van der Waals surface area contributed by atoms with Crippen LogP contribution in [0.1, 0.15) is 55.8 Å². The van der Waals surface area contributed by atoms with Crippen LogP contribution in [0.3, 0.4) is 0 Å². The highest BCUT2D eigenvalue weighted by Crippen LogP contribution is 2.24. The first-order chi connectivity index (χ1) is 9.24. The lowest BCUT2D eigenvalue weighted by molar-refractivity contribution is 0.630. The van der Waals surface area contributed by atoms with Gasteiger partial charge in [0.2, 0.25) is 0 Å². The normalized spacial score (nSPS) is 11.1. The van der Waals surface area contributed by atoms with E-state index in [2.05, 4.69) is 45.0 Å². The fraction of sp³-hybridized carbons (Fsp3) is 0.500. The van der Waals surface area contributed by atoms with Gasteiger partial charge in [0.15, 0.2) is 0 Å². The van der Waals surface area contributed by atoms with Crippen molar-refractivity contribution in [3.05, 3.63) is 41.1 Å². The van der Waals surface area contributed by atoms with Crippen LogP contribution < -0.4 is 0 Å². The summed E-state index contributed by atoms with van der Waals surface area (Å²) < 4.78 is 0. The molecular weight excluding hydrogens is 230 g/mol. The average Bonchev–Trinajstić information content (AvgIpc) is 2.42. The third-order valence-electron chi connectivity index (χ3n) is 4.02. The molecule has 102 valence electrons. The lowest BCUT2D eigenvalue weighted by Crippen LogP contribution is -1.99. The van der Waals surface area contributed by atoms with Crippen molar-refractivity contribution in [3.8, 4) is 0 Å². The van der Waals surface area contributed by atoms with Crippen LogP contribution >= 0.6 is 0 Å². The number of aromatic nitrogens is 1. The molecule has 1 aromatic heterocycles. The zero-order valence-corrected chi connectivity index (χ0v) is 12.5. The van der Waals surface area contributed by atoms with Crippen molar-refractivity contribution in [2.45, 2.75) is 59.3 Å². The SMILES string of the molecule is CCCCCCCc1c(C)nc2ccccc2c1C. The van der Waals surface area contributed by atoms with E-state index < -0.39 is 0 Å². The summed E-state index contributed by atoms with van der Waals surface area (Å²) >= 11 is 0. The molecule has 1 heterocycles. The Morgan fingerprint density at radius 2 is 1.68 bits per heavy atom. The summed E-state index contributed by atoms with van der Waals surface area (Å²) in [5, 5.41) is 1.32. The first-order valence-electron chi connectivity index (χ1n) is 7.59. The van der Waals surface area contributed by atoms with E-state index in [-0.39, 0.29) is 0 Å². The number of hydrogen-bond donors (Lipinski definition) is 0. The Kier molecular flexibility index (Phi) is 4.95. The molecule has 0 aliphatic heterocycles. The summed E-state index contributed by atoms with van der Waals surface area (Å²) in [4.78, 5) is 4.75. The van der Waals surface area contributed by atoms with E-state index in [0.29, 0.717) is 0 Å². The van der Waals surface area contributed by atoms with Gasteiger partial charge in [-0.2, -0.15) is 0 Å². The molecule has 0 N–H and O–H groups in total. The number of benzene rings is 1. The summed E-state index contributed by atoms with van der Waals surface area (Å²) in [6.45, 7) is 6.67. The number of nitrogens with zero attached hydrogens (tertiary/aromatic N) is 1. The number of fused-ring (bicyclic) bond motifs is 1. The number of pyridine rings is 1. The van der Waals surface area contributed by atoms with Crippen LogP contribution in [0.15, 0.2) is 24.3 Å². The monoisotopic (exact) mass is 255 g/mol. The quantitative estimate of drug-likeness (QED) is 0.633. The fourth-order valence-electron chi connectivity index (χ4n) is 2.84. The van der Waals surface area contributed by atoms with Crippen molar-refractivity contribution in [2.75, 3.05) is 0 Å². The zero-order valence-electron chi connectivity index (χ0n) is 12.5. The predicted molar refractivity (Wildman–Crippen MR) is 83.7 cm³/mol. The molecule has 0 saturated heterocycles. The van der Waals surface area contributed by atoms with Crippen LogP contribution in [-0.2, 0) is 6.42 Å². The highest BCUT2D eigenvalue weighted by molar-refractivity contribution is 5.83. The van der Waals surface area contributed by atoms with E-state index in [1.165, 1.54) is 60.7 Å². The van der Waals surface area contributed by atoms with Crippen molar-refractivity contribution in [3.63, 3.8) is 0 Å². The molecular formula is C18H25N. The molecule has 1 heteroatoms. The third kappa shape index (κ3) is 3.34. The third-order valence-corrected chi connectivity index (χ3v) is 4.02. The second-order valence-electron chi connectivity index (χ2n) is 5.48. The molecule has 19 heavy (non-hydrogen) atoms. The van der Waals surface area contributed by atoms with Gasteiger partial charge in [-0.25, -0.2) is 0 Å². The van der Waals surface area contributed by atoms with Crippen molar-refractivity contribution < 1.29 is 0 Å². The standard InChI is InChI=1S/C18H25N/c1-4-5-6-7-8-11-16-14(2)17-12-9-10-13-18(17)19-15(16)3/h9-10,12-13H,4-8,11H2,1-3H3.